The highest BCUT2D eigenvalue weighted by molar-refractivity contribution is 5.78. The lowest BCUT2D eigenvalue weighted by molar-refractivity contribution is -0.143. The van der Waals surface area contributed by atoms with E-state index in [1.54, 1.807) is 0 Å². The van der Waals surface area contributed by atoms with Crippen LogP contribution in [0, 0.1) is 0 Å². The topological polar surface area (TPSA) is 89.1 Å². The van der Waals surface area contributed by atoms with Crippen molar-refractivity contribution in [1.82, 2.24) is 9.97 Å². The van der Waals surface area contributed by atoms with Gasteiger partial charge in [0.1, 0.15) is 0 Å². The number of nitrogens with two attached hydrogens (primary N) is 1. The van der Waals surface area contributed by atoms with Crippen molar-refractivity contribution >= 4 is 5.97 Å². The lowest BCUT2D eigenvalue weighted by atomic mass is 10.0. The van der Waals surface area contributed by atoms with E-state index in [0.717, 1.165) is 0 Å². The fraction of sp³-hybridized carbons (Fsp3) is 0.286. The Morgan fingerprint density at radius 1 is 1.67 bits per heavy atom. The van der Waals surface area contributed by atoms with Crippen LogP contribution in [0.2, 0.25) is 0 Å². The maximum atomic E-state index is 10.6. The van der Waals surface area contributed by atoms with Gasteiger partial charge in [-0.25, -0.2) is 4.79 Å². The molecule has 5 heteroatoms. The highest BCUT2D eigenvalue weighted by atomic mass is 16.4. The molecule has 1 heterocycles. The second-order valence-corrected chi connectivity index (χ2v) is 2.60. The molecule has 0 aliphatic heterocycles. The van der Waals surface area contributed by atoms with Gasteiger partial charge in [-0.3, -0.25) is 9.97 Å². The summed E-state index contributed by atoms with van der Waals surface area (Å²) in [7, 11) is 0. The van der Waals surface area contributed by atoms with Crippen molar-refractivity contribution in [3.8, 4) is 0 Å². The van der Waals surface area contributed by atoms with Crippen LogP contribution in [0.15, 0.2) is 18.6 Å². The maximum absolute atomic E-state index is 10.6. The summed E-state index contributed by atoms with van der Waals surface area (Å²) in [5.41, 5.74) is 4.26. The average Bonchev–Trinajstić information content (AvgIpc) is 2.06. The van der Waals surface area contributed by atoms with E-state index in [2.05, 4.69) is 9.97 Å². The molecule has 0 bridgehead atoms. The molecule has 0 radical (unpaired) electrons. The number of rotatable bonds is 2. The Hall–Kier alpha value is -1.49. The minimum atomic E-state index is -1.46. The van der Waals surface area contributed by atoms with Gasteiger partial charge in [-0.1, -0.05) is 0 Å². The maximum Gasteiger partial charge on any atom is 0.329 e. The number of nitrogens with zero attached hydrogens (tertiary/aromatic N) is 2. The second-order valence-electron chi connectivity index (χ2n) is 2.60. The third-order valence-corrected chi connectivity index (χ3v) is 1.54. The summed E-state index contributed by atoms with van der Waals surface area (Å²) in [6.45, 7) is 1.37. The minimum absolute atomic E-state index is 0.248. The predicted molar refractivity (Wildman–Crippen MR) is 41.2 cm³/mol. The first-order chi connectivity index (χ1) is 5.55. The summed E-state index contributed by atoms with van der Waals surface area (Å²) in [6, 6.07) is 0. The molecule has 0 amide bonds. The Morgan fingerprint density at radius 3 is 2.75 bits per heavy atom. The molecule has 5 nitrogen and oxygen atoms in total. The Morgan fingerprint density at radius 2 is 2.33 bits per heavy atom. The van der Waals surface area contributed by atoms with E-state index in [-0.39, 0.29) is 5.69 Å². The SMILES string of the molecule is CC(N)(C(=O)O)c1cnccn1. The van der Waals surface area contributed by atoms with Crippen molar-refractivity contribution in [2.75, 3.05) is 0 Å². The number of carboxylic acids is 1. The molecule has 3 N–H and O–H groups in total. The van der Waals surface area contributed by atoms with E-state index >= 15 is 0 Å². The molecule has 0 fully saturated rings. The third-order valence-electron chi connectivity index (χ3n) is 1.54. The Labute approximate surface area is 69.3 Å². The molecule has 0 aliphatic carbocycles. The van der Waals surface area contributed by atoms with Gasteiger partial charge in [0.15, 0.2) is 5.54 Å². The lowest BCUT2D eigenvalue weighted by Gasteiger charge is -2.16. The molecule has 1 atom stereocenters. The van der Waals surface area contributed by atoms with Gasteiger partial charge in [0.05, 0.1) is 11.9 Å². The van der Waals surface area contributed by atoms with Crippen LogP contribution in [0.25, 0.3) is 0 Å². The largest absolute Gasteiger partial charge is 0.480 e. The molecule has 64 valence electrons. The summed E-state index contributed by atoms with van der Waals surface area (Å²) in [5, 5.41) is 8.70. The summed E-state index contributed by atoms with van der Waals surface area (Å²) >= 11 is 0. The molecule has 1 aromatic heterocycles. The number of aliphatic carboxylic acids is 1. The number of carbonyl (C=O) groups is 1. The van der Waals surface area contributed by atoms with Crippen LogP contribution in [-0.4, -0.2) is 21.0 Å². The van der Waals surface area contributed by atoms with E-state index in [0.29, 0.717) is 0 Å². The molecule has 0 spiro atoms. The molecule has 1 rings (SSSR count). The zero-order valence-electron chi connectivity index (χ0n) is 6.56. The van der Waals surface area contributed by atoms with Crippen molar-refractivity contribution < 1.29 is 9.90 Å². The highest BCUT2D eigenvalue weighted by Crippen LogP contribution is 2.12. The van der Waals surface area contributed by atoms with Gasteiger partial charge in [0.2, 0.25) is 0 Å². The van der Waals surface area contributed by atoms with Crippen molar-refractivity contribution in [3.63, 3.8) is 0 Å². The smallest absolute Gasteiger partial charge is 0.329 e. The van der Waals surface area contributed by atoms with Gasteiger partial charge < -0.3 is 10.8 Å². The second kappa shape index (κ2) is 2.86. The fourth-order valence-corrected chi connectivity index (χ4v) is 0.677. The standard InChI is InChI=1S/C7H9N3O2/c1-7(8,6(11)12)5-4-9-2-3-10-5/h2-4H,8H2,1H3,(H,11,12). The lowest BCUT2D eigenvalue weighted by Crippen LogP contribution is -2.42. The van der Waals surface area contributed by atoms with E-state index in [1.807, 2.05) is 0 Å². The van der Waals surface area contributed by atoms with Crippen LogP contribution in [-0.2, 0) is 10.3 Å². The van der Waals surface area contributed by atoms with Gasteiger partial charge in [-0.15, -0.1) is 0 Å². The molecular formula is C7H9N3O2. The summed E-state index contributed by atoms with van der Waals surface area (Å²) in [5.74, 6) is -1.12. The third kappa shape index (κ3) is 1.40. The van der Waals surface area contributed by atoms with Gasteiger partial charge in [-0.2, -0.15) is 0 Å². The van der Waals surface area contributed by atoms with Crippen molar-refractivity contribution in [2.45, 2.75) is 12.5 Å². The zero-order valence-corrected chi connectivity index (χ0v) is 6.56. The van der Waals surface area contributed by atoms with E-state index in [4.69, 9.17) is 10.8 Å². The molecule has 12 heavy (non-hydrogen) atoms. The monoisotopic (exact) mass is 167 g/mol. The Balaban J connectivity index is 3.06. The van der Waals surface area contributed by atoms with Gasteiger partial charge in [-0.05, 0) is 6.92 Å². The fourth-order valence-electron chi connectivity index (χ4n) is 0.677. The van der Waals surface area contributed by atoms with E-state index in [9.17, 15) is 4.79 Å². The van der Waals surface area contributed by atoms with Crippen LogP contribution >= 0.6 is 0 Å². The molecule has 0 saturated carbocycles. The van der Waals surface area contributed by atoms with Gasteiger partial charge in [0, 0.05) is 12.4 Å². The zero-order chi connectivity index (χ0) is 9.19. The number of hydrogen-bond donors (Lipinski definition) is 2. The number of hydrogen-bond acceptors (Lipinski definition) is 4. The van der Waals surface area contributed by atoms with Crippen molar-refractivity contribution in [3.05, 3.63) is 24.3 Å². The summed E-state index contributed by atoms with van der Waals surface area (Å²) in [4.78, 5) is 18.2. The quantitative estimate of drug-likeness (QED) is 0.633. The first-order valence-electron chi connectivity index (χ1n) is 3.34. The van der Waals surface area contributed by atoms with Crippen LogP contribution < -0.4 is 5.73 Å². The van der Waals surface area contributed by atoms with E-state index in [1.165, 1.54) is 25.5 Å². The van der Waals surface area contributed by atoms with Crippen molar-refractivity contribution in [2.24, 2.45) is 5.73 Å². The normalized spacial score (nSPS) is 15.2. The van der Waals surface area contributed by atoms with Crippen molar-refractivity contribution in [1.29, 1.82) is 0 Å². The minimum Gasteiger partial charge on any atom is -0.480 e. The molecular weight excluding hydrogens is 158 g/mol. The summed E-state index contributed by atoms with van der Waals surface area (Å²) in [6.07, 6.45) is 4.21. The average molecular weight is 167 g/mol. The molecule has 0 saturated heterocycles. The van der Waals surface area contributed by atoms with Crippen LogP contribution in [0.4, 0.5) is 0 Å². The van der Waals surface area contributed by atoms with Gasteiger partial charge in [0.25, 0.3) is 0 Å². The number of aromatic nitrogens is 2. The highest BCUT2D eigenvalue weighted by Gasteiger charge is 2.31. The van der Waals surface area contributed by atoms with Crippen LogP contribution in [0.3, 0.4) is 0 Å². The van der Waals surface area contributed by atoms with Crippen LogP contribution in [0.1, 0.15) is 12.6 Å². The number of carboxylic acid groups (broad SMARTS) is 1. The molecule has 1 unspecified atom stereocenters. The first-order valence-corrected chi connectivity index (χ1v) is 3.34. The molecule has 1 aromatic rings. The van der Waals surface area contributed by atoms with Crippen LogP contribution in [0.5, 0.6) is 0 Å². The van der Waals surface area contributed by atoms with E-state index < -0.39 is 11.5 Å². The Bertz CT molecular complexity index is 284. The molecule has 0 aromatic carbocycles. The summed E-state index contributed by atoms with van der Waals surface area (Å²) < 4.78 is 0. The van der Waals surface area contributed by atoms with Gasteiger partial charge >= 0.3 is 5.97 Å². The molecule has 0 aliphatic rings. The Kier molecular flexibility index (Phi) is 2.05. The predicted octanol–water partition coefficient (Wildman–Crippen LogP) is -0.265. The first kappa shape index (κ1) is 8.61.